The largest absolute Gasteiger partial charge is 0.534 e. The van der Waals surface area contributed by atoms with Crippen molar-refractivity contribution in [3.63, 3.8) is 0 Å². The average Bonchev–Trinajstić information content (AvgIpc) is 2.81. The highest BCUT2D eigenvalue weighted by molar-refractivity contribution is 7.88. The molecule has 7 nitrogen and oxygen atoms in total. The normalized spacial score (nSPS) is 20.7. The molecule has 3 aromatic carbocycles. The first-order chi connectivity index (χ1) is 16.9. The van der Waals surface area contributed by atoms with Gasteiger partial charge in [-0.25, -0.2) is 0 Å². The highest BCUT2D eigenvalue weighted by Crippen LogP contribution is 2.60. The number of Topliss-reactive ketones (excluding diaryl/α,β-unsaturated/α-hetero) is 1. The van der Waals surface area contributed by atoms with Crippen LogP contribution < -0.4 is 8.92 Å². The lowest BCUT2D eigenvalue weighted by Crippen LogP contribution is -2.44. The predicted octanol–water partition coefficient (Wildman–Crippen LogP) is 5.10. The maximum atomic E-state index is 12.9. The van der Waals surface area contributed by atoms with Crippen molar-refractivity contribution < 1.29 is 45.2 Å². The Morgan fingerprint density at radius 3 is 2.47 bits per heavy atom. The summed E-state index contributed by atoms with van der Waals surface area (Å²) in [5, 5.41) is 10.3. The van der Waals surface area contributed by atoms with Gasteiger partial charge in [0.15, 0.2) is 12.1 Å². The number of rotatable bonds is 3. The van der Waals surface area contributed by atoms with Crippen LogP contribution in [0, 0.1) is 5.92 Å². The molecule has 1 aliphatic heterocycles. The summed E-state index contributed by atoms with van der Waals surface area (Å²) in [6, 6.07) is 13.2. The first kappa shape index (κ1) is 23.9. The molecule has 5 rings (SSSR count). The summed E-state index contributed by atoms with van der Waals surface area (Å²) in [6.07, 6.45) is 0.486. The third-order valence-corrected chi connectivity index (χ3v) is 7.66. The molecule has 2 aliphatic rings. The van der Waals surface area contributed by atoms with Gasteiger partial charge in [-0.1, -0.05) is 43.3 Å². The van der Waals surface area contributed by atoms with Crippen LogP contribution in [0.15, 0.2) is 54.6 Å². The summed E-state index contributed by atoms with van der Waals surface area (Å²) in [5.41, 5.74) is -5.05. The number of benzene rings is 3. The van der Waals surface area contributed by atoms with E-state index in [1.807, 2.05) is 6.92 Å². The molecule has 0 amide bonds. The lowest BCUT2D eigenvalue weighted by Gasteiger charge is -2.48. The SMILES string of the molecule is CC1CC(=O)c2ccccc2C12c1ccc(OS(=O)(=O)C(F)(F)F)cc1Oc1c2ccc(O)c1C=O. The molecule has 0 fully saturated rings. The van der Waals surface area contributed by atoms with Crippen LogP contribution in [-0.4, -0.2) is 31.1 Å². The van der Waals surface area contributed by atoms with E-state index in [2.05, 4.69) is 4.18 Å². The zero-order valence-corrected chi connectivity index (χ0v) is 19.3. The van der Waals surface area contributed by atoms with E-state index < -0.39 is 32.7 Å². The van der Waals surface area contributed by atoms with Crippen molar-refractivity contribution in [2.24, 2.45) is 5.92 Å². The number of fused-ring (bicyclic) bond motifs is 6. The number of phenolic OH excluding ortho intramolecular Hbond substituents is 1. The number of aldehydes is 1. The summed E-state index contributed by atoms with van der Waals surface area (Å²) < 4.78 is 72.0. The monoisotopic (exact) mass is 518 g/mol. The summed E-state index contributed by atoms with van der Waals surface area (Å²) >= 11 is 0. The van der Waals surface area contributed by atoms with Gasteiger partial charge in [0.05, 0.1) is 11.0 Å². The smallest absolute Gasteiger partial charge is 0.507 e. The van der Waals surface area contributed by atoms with E-state index in [4.69, 9.17) is 4.74 Å². The molecule has 3 aromatic rings. The Labute approximate surface area is 203 Å². The van der Waals surface area contributed by atoms with Gasteiger partial charge in [-0.3, -0.25) is 9.59 Å². The molecule has 0 radical (unpaired) electrons. The molecular formula is C25H17F3O7S. The minimum absolute atomic E-state index is 0.0515. The number of hydrogen-bond donors (Lipinski definition) is 1. The van der Waals surface area contributed by atoms with E-state index >= 15 is 0 Å². The predicted molar refractivity (Wildman–Crippen MR) is 120 cm³/mol. The van der Waals surface area contributed by atoms with Gasteiger partial charge < -0.3 is 14.0 Å². The van der Waals surface area contributed by atoms with E-state index in [1.54, 1.807) is 30.3 Å². The average molecular weight is 518 g/mol. The molecule has 0 saturated heterocycles. The number of halogens is 3. The van der Waals surface area contributed by atoms with Crippen LogP contribution in [0.25, 0.3) is 0 Å². The Morgan fingerprint density at radius 2 is 1.78 bits per heavy atom. The van der Waals surface area contributed by atoms with Gasteiger partial charge in [0.25, 0.3) is 0 Å². The Balaban J connectivity index is 1.83. The molecule has 0 saturated carbocycles. The van der Waals surface area contributed by atoms with Crippen molar-refractivity contribution in [2.45, 2.75) is 24.3 Å². The van der Waals surface area contributed by atoms with Crippen LogP contribution in [-0.2, 0) is 15.5 Å². The van der Waals surface area contributed by atoms with Gasteiger partial charge in [-0.2, -0.15) is 21.6 Å². The van der Waals surface area contributed by atoms with Gasteiger partial charge in [-0.05, 0) is 23.6 Å². The van der Waals surface area contributed by atoms with Crippen molar-refractivity contribution in [3.05, 3.63) is 82.4 Å². The molecule has 0 aromatic heterocycles. The maximum Gasteiger partial charge on any atom is 0.534 e. The molecule has 2 atom stereocenters. The van der Waals surface area contributed by atoms with Crippen LogP contribution in [0.3, 0.4) is 0 Å². The molecule has 1 N–H and O–H groups in total. The molecule has 0 bridgehead atoms. The zero-order valence-electron chi connectivity index (χ0n) is 18.5. The fourth-order valence-electron chi connectivity index (χ4n) is 5.22. The topological polar surface area (TPSA) is 107 Å². The second-order valence-electron chi connectivity index (χ2n) is 8.62. The van der Waals surface area contributed by atoms with Crippen LogP contribution >= 0.6 is 0 Å². The number of hydrogen-bond acceptors (Lipinski definition) is 7. The molecule has 186 valence electrons. The second kappa shape index (κ2) is 7.82. The van der Waals surface area contributed by atoms with Crippen LogP contribution in [0.1, 0.15) is 50.8 Å². The summed E-state index contributed by atoms with van der Waals surface area (Å²) in [4.78, 5) is 24.8. The summed E-state index contributed by atoms with van der Waals surface area (Å²) in [7, 11) is -5.95. The Kier molecular flexibility index (Phi) is 5.18. The number of phenols is 1. The first-order valence-corrected chi connectivity index (χ1v) is 12.1. The van der Waals surface area contributed by atoms with E-state index in [1.165, 1.54) is 12.1 Å². The molecule has 36 heavy (non-hydrogen) atoms. The van der Waals surface area contributed by atoms with Crippen LogP contribution in [0.5, 0.6) is 23.0 Å². The minimum Gasteiger partial charge on any atom is -0.507 e. The number of carbonyl (C=O) groups excluding carboxylic acids is 2. The Morgan fingerprint density at radius 1 is 1.08 bits per heavy atom. The molecule has 11 heteroatoms. The molecule has 1 spiro atoms. The van der Waals surface area contributed by atoms with E-state index in [0.29, 0.717) is 28.5 Å². The minimum atomic E-state index is -5.95. The fourth-order valence-corrected chi connectivity index (χ4v) is 5.67. The highest BCUT2D eigenvalue weighted by atomic mass is 32.2. The van der Waals surface area contributed by atoms with Gasteiger partial charge in [0, 0.05) is 29.2 Å². The molecule has 2 unspecified atom stereocenters. The van der Waals surface area contributed by atoms with Crippen LogP contribution in [0.2, 0.25) is 0 Å². The van der Waals surface area contributed by atoms with Crippen molar-refractivity contribution >= 4 is 22.2 Å². The van der Waals surface area contributed by atoms with Gasteiger partial charge >= 0.3 is 15.6 Å². The lowest BCUT2D eigenvalue weighted by molar-refractivity contribution is -0.0500. The Bertz CT molecular complexity index is 1550. The standard InChI is InChI=1S/C25H17F3O7S/c1-13-10-21(31)15-4-2-3-5-17(15)24(13)18-7-6-14(35-36(32,33)25(26,27)28)11-22(18)34-23-16(12-29)20(30)9-8-19(23)24/h2-9,11-13,30H,10H2,1H3. The number of ether oxygens (including phenoxy) is 1. The maximum absolute atomic E-state index is 12.9. The van der Waals surface area contributed by atoms with Gasteiger partial charge in [0.1, 0.15) is 23.0 Å². The van der Waals surface area contributed by atoms with Crippen molar-refractivity contribution in [2.75, 3.05) is 0 Å². The van der Waals surface area contributed by atoms with E-state index in [9.17, 15) is 36.3 Å². The summed E-state index contributed by atoms with van der Waals surface area (Å²) in [6.45, 7) is 1.82. The second-order valence-corrected chi connectivity index (χ2v) is 10.2. The highest BCUT2D eigenvalue weighted by Gasteiger charge is 2.53. The quantitative estimate of drug-likeness (QED) is 0.292. The molecular weight excluding hydrogens is 501 g/mol. The van der Waals surface area contributed by atoms with Crippen molar-refractivity contribution in [1.29, 1.82) is 0 Å². The molecule has 1 heterocycles. The third-order valence-electron chi connectivity index (χ3n) is 6.68. The summed E-state index contributed by atoms with van der Waals surface area (Å²) in [5.74, 6) is -1.71. The number of carbonyl (C=O) groups is 2. The lowest BCUT2D eigenvalue weighted by atomic mass is 9.56. The molecule has 1 aliphatic carbocycles. The fraction of sp³-hybridized carbons (Fsp3) is 0.200. The van der Waals surface area contributed by atoms with Gasteiger partial charge in [-0.15, -0.1) is 0 Å². The number of alkyl halides is 3. The number of ketones is 1. The van der Waals surface area contributed by atoms with E-state index in [0.717, 1.165) is 12.1 Å². The Hall–Kier alpha value is -3.86. The van der Waals surface area contributed by atoms with E-state index in [-0.39, 0.29) is 35.0 Å². The third kappa shape index (κ3) is 3.22. The zero-order chi connectivity index (χ0) is 26.0. The van der Waals surface area contributed by atoms with Crippen molar-refractivity contribution in [3.8, 4) is 23.0 Å². The van der Waals surface area contributed by atoms with Crippen molar-refractivity contribution in [1.82, 2.24) is 0 Å². The van der Waals surface area contributed by atoms with Crippen LogP contribution in [0.4, 0.5) is 13.2 Å². The first-order valence-electron chi connectivity index (χ1n) is 10.7. The van der Waals surface area contributed by atoms with Gasteiger partial charge in [0.2, 0.25) is 0 Å². The number of aromatic hydroxyl groups is 1.